The van der Waals surface area contributed by atoms with Gasteiger partial charge >= 0.3 is 0 Å². The third-order valence-electron chi connectivity index (χ3n) is 5.20. The van der Waals surface area contributed by atoms with Gasteiger partial charge in [0.25, 0.3) is 5.91 Å². The minimum absolute atomic E-state index is 0.171. The first-order valence-electron chi connectivity index (χ1n) is 9.92. The van der Waals surface area contributed by atoms with Crippen LogP contribution in [0.1, 0.15) is 28.0 Å². The largest absolute Gasteiger partial charge is 0.457 e. The molecule has 0 spiro atoms. The normalized spacial score (nSPS) is 12.4. The third-order valence-corrected chi connectivity index (χ3v) is 5.20. The SMILES string of the molecule is O=C(Nc1ccc(Oc2ccccc2)cc1)c1c[nH]c2c1-c1ncncc1CCC2. The van der Waals surface area contributed by atoms with Gasteiger partial charge in [-0.1, -0.05) is 18.2 Å². The van der Waals surface area contributed by atoms with Gasteiger partial charge in [-0.25, -0.2) is 9.97 Å². The second-order valence-electron chi connectivity index (χ2n) is 7.20. The van der Waals surface area contributed by atoms with Crippen LogP contribution in [0.5, 0.6) is 11.5 Å². The van der Waals surface area contributed by atoms with Crippen molar-refractivity contribution in [2.75, 3.05) is 5.32 Å². The molecule has 0 bridgehead atoms. The van der Waals surface area contributed by atoms with E-state index >= 15 is 0 Å². The number of carbonyl (C=O) groups excluding carboxylic acids is 1. The van der Waals surface area contributed by atoms with Crippen LogP contribution in [-0.4, -0.2) is 20.9 Å². The number of fused-ring (bicyclic) bond motifs is 3. The number of hydrogen-bond donors (Lipinski definition) is 2. The van der Waals surface area contributed by atoms with Crippen LogP contribution in [0.3, 0.4) is 0 Å². The number of nitrogens with zero attached hydrogens (tertiary/aromatic N) is 2. The maximum atomic E-state index is 13.0. The van der Waals surface area contributed by atoms with Crippen molar-refractivity contribution in [1.82, 2.24) is 15.0 Å². The van der Waals surface area contributed by atoms with Crippen LogP contribution in [0.4, 0.5) is 5.69 Å². The number of H-pyrrole nitrogens is 1. The molecular formula is C24H20N4O2. The monoisotopic (exact) mass is 396 g/mol. The molecule has 0 fully saturated rings. The van der Waals surface area contributed by atoms with Crippen LogP contribution in [0, 0.1) is 0 Å². The number of aromatic nitrogens is 3. The summed E-state index contributed by atoms with van der Waals surface area (Å²) in [6.45, 7) is 0. The van der Waals surface area contributed by atoms with Gasteiger partial charge in [-0.15, -0.1) is 0 Å². The molecule has 2 aromatic heterocycles. The summed E-state index contributed by atoms with van der Waals surface area (Å²) in [6, 6.07) is 16.9. The van der Waals surface area contributed by atoms with Gasteiger partial charge < -0.3 is 15.0 Å². The van der Waals surface area contributed by atoms with Crippen LogP contribution >= 0.6 is 0 Å². The fourth-order valence-electron chi connectivity index (χ4n) is 3.76. The van der Waals surface area contributed by atoms with Crippen molar-refractivity contribution < 1.29 is 9.53 Å². The Morgan fingerprint density at radius 1 is 1.00 bits per heavy atom. The van der Waals surface area contributed by atoms with E-state index in [1.54, 1.807) is 6.20 Å². The van der Waals surface area contributed by atoms with E-state index in [-0.39, 0.29) is 5.91 Å². The first-order chi connectivity index (χ1) is 14.8. The van der Waals surface area contributed by atoms with Gasteiger partial charge in [0.2, 0.25) is 0 Å². The molecule has 0 saturated heterocycles. The summed E-state index contributed by atoms with van der Waals surface area (Å²) in [4.78, 5) is 24.9. The molecule has 1 aliphatic carbocycles. The van der Waals surface area contributed by atoms with E-state index in [9.17, 15) is 4.79 Å². The van der Waals surface area contributed by atoms with Crippen molar-refractivity contribution in [2.45, 2.75) is 19.3 Å². The Morgan fingerprint density at radius 3 is 2.63 bits per heavy atom. The lowest BCUT2D eigenvalue weighted by Gasteiger charge is -2.10. The highest BCUT2D eigenvalue weighted by atomic mass is 16.5. The summed E-state index contributed by atoms with van der Waals surface area (Å²) in [6.07, 6.45) is 7.93. The molecule has 4 aromatic rings. The predicted molar refractivity (Wildman–Crippen MR) is 115 cm³/mol. The highest BCUT2D eigenvalue weighted by molar-refractivity contribution is 6.09. The Morgan fingerprint density at radius 2 is 1.80 bits per heavy atom. The third kappa shape index (κ3) is 3.55. The van der Waals surface area contributed by atoms with Gasteiger partial charge in [0, 0.05) is 29.3 Å². The van der Waals surface area contributed by atoms with Crippen LogP contribution in [0.25, 0.3) is 11.3 Å². The summed E-state index contributed by atoms with van der Waals surface area (Å²) in [5.74, 6) is 1.31. The molecule has 6 nitrogen and oxygen atoms in total. The Labute approximate surface area is 174 Å². The molecule has 1 amide bonds. The van der Waals surface area contributed by atoms with Gasteiger partial charge in [-0.3, -0.25) is 4.79 Å². The number of benzene rings is 2. The van der Waals surface area contributed by atoms with Crippen LogP contribution in [0.2, 0.25) is 0 Å². The molecule has 0 atom stereocenters. The molecule has 2 heterocycles. The molecule has 0 unspecified atom stereocenters. The number of aromatic amines is 1. The molecule has 0 aliphatic heterocycles. The second kappa shape index (κ2) is 7.83. The quantitative estimate of drug-likeness (QED) is 0.508. The highest BCUT2D eigenvalue weighted by Gasteiger charge is 2.24. The zero-order chi connectivity index (χ0) is 20.3. The minimum Gasteiger partial charge on any atom is -0.457 e. The van der Waals surface area contributed by atoms with Gasteiger partial charge in [-0.2, -0.15) is 0 Å². The minimum atomic E-state index is -0.171. The van der Waals surface area contributed by atoms with Gasteiger partial charge in [0.1, 0.15) is 17.8 Å². The topological polar surface area (TPSA) is 79.9 Å². The van der Waals surface area contributed by atoms with Crippen molar-refractivity contribution in [2.24, 2.45) is 0 Å². The zero-order valence-corrected chi connectivity index (χ0v) is 16.3. The molecule has 0 radical (unpaired) electrons. The lowest BCUT2D eigenvalue weighted by molar-refractivity contribution is 0.102. The summed E-state index contributed by atoms with van der Waals surface area (Å²) in [5.41, 5.74) is 5.14. The lowest BCUT2D eigenvalue weighted by atomic mass is 10.0. The number of amides is 1. The molecule has 0 saturated carbocycles. The van der Waals surface area contributed by atoms with Gasteiger partial charge in [0.15, 0.2) is 0 Å². The molecule has 30 heavy (non-hydrogen) atoms. The second-order valence-corrected chi connectivity index (χ2v) is 7.20. The number of ether oxygens (including phenoxy) is 1. The predicted octanol–water partition coefficient (Wildman–Crippen LogP) is 5.01. The molecule has 2 aromatic carbocycles. The summed E-state index contributed by atoms with van der Waals surface area (Å²) in [7, 11) is 0. The smallest absolute Gasteiger partial charge is 0.257 e. The first-order valence-corrected chi connectivity index (χ1v) is 9.92. The summed E-state index contributed by atoms with van der Waals surface area (Å²) >= 11 is 0. The van der Waals surface area contributed by atoms with Crippen molar-refractivity contribution in [3.05, 3.63) is 90.1 Å². The van der Waals surface area contributed by atoms with Gasteiger partial charge in [-0.05, 0) is 61.2 Å². The number of rotatable bonds is 4. The molecule has 5 rings (SSSR count). The molecule has 2 N–H and O–H groups in total. The van der Waals surface area contributed by atoms with Crippen LogP contribution < -0.4 is 10.1 Å². The fourth-order valence-corrected chi connectivity index (χ4v) is 3.76. The van der Waals surface area contributed by atoms with E-state index < -0.39 is 0 Å². The molecular weight excluding hydrogens is 376 g/mol. The first kappa shape index (κ1) is 18.1. The molecule has 148 valence electrons. The number of carbonyl (C=O) groups is 1. The lowest BCUT2D eigenvalue weighted by Crippen LogP contribution is -2.12. The molecule has 1 aliphatic rings. The number of para-hydroxylation sites is 1. The van der Waals surface area contributed by atoms with E-state index in [2.05, 4.69) is 20.3 Å². The Bertz CT molecular complexity index is 1180. The van der Waals surface area contributed by atoms with Crippen molar-refractivity contribution in [3.63, 3.8) is 0 Å². The summed E-state index contributed by atoms with van der Waals surface area (Å²) < 4.78 is 5.81. The van der Waals surface area contributed by atoms with Crippen LogP contribution in [-0.2, 0) is 12.8 Å². The average Bonchev–Trinajstić information content (AvgIpc) is 3.11. The maximum absolute atomic E-state index is 13.0. The highest BCUT2D eigenvalue weighted by Crippen LogP contribution is 2.33. The van der Waals surface area contributed by atoms with Crippen molar-refractivity contribution in [3.8, 4) is 22.8 Å². The van der Waals surface area contributed by atoms with Crippen molar-refractivity contribution in [1.29, 1.82) is 0 Å². The van der Waals surface area contributed by atoms with E-state index in [1.165, 1.54) is 6.33 Å². The Hall–Kier alpha value is -3.93. The number of anilines is 1. The van der Waals surface area contributed by atoms with E-state index in [0.717, 1.165) is 47.5 Å². The van der Waals surface area contributed by atoms with E-state index in [1.807, 2.05) is 60.8 Å². The van der Waals surface area contributed by atoms with Crippen LogP contribution in [0.15, 0.2) is 73.3 Å². The average molecular weight is 396 g/mol. The maximum Gasteiger partial charge on any atom is 0.257 e. The van der Waals surface area contributed by atoms with E-state index in [0.29, 0.717) is 17.0 Å². The number of hydrogen-bond acceptors (Lipinski definition) is 4. The van der Waals surface area contributed by atoms with Crippen molar-refractivity contribution >= 4 is 11.6 Å². The fraction of sp³-hybridized carbons (Fsp3) is 0.125. The Kier molecular flexibility index (Phi) is 4.73. The zero-order valence-electron chi connectivity index (χ0n) is 16.3. The van der Waals surface area contributed by atoms with Gasteiger partial charge in [0.05, 0.1) is 11.3 Å². The molecule has 6 heteroatoms. The Balaban J connectivity index is 1.37. The number of aryl methyl sites for hydroxylation is 2. The summed E-state index contributed by atoms with van der Waals surface area (Å²) in [5, 5.41) is 2.98. The standard InChI is InChI=1S/C24H20N4O2/c29-24(28-17-9-11-19(12-10-17)30-18-6-2-1-3-7-18)20-14-26-21-8-4-5-16-13-25-15-27-23(16)22(20)21/h1-3,6-7,9-15,26H,4-5,8H2,(H,28,29). The van der Waals surface area contributed by atoms with E-state index in [4.69, 9.17) is 4.74 Å². The number of nitrogens with one attached hydrogen (secondary N) is 2.